The summed E-state index contributed by atoms with van der Waals surface area (Å²) >= 11 is 0. The van der Waals surface area contributed by atoms with Crippen molar-refractivity contribution in [2.45, 2.75) is 0 Å². The molecular weight excluding hydrogens is 421 g/mol. The van der Waals surface area contributed by atoms with Crippen LogP contribution in [-0.2, 0) is 27.2 Å². The maximum atomic E-state index is 9.25. The minimum absolute atomic E-state index is 0. The smallest absolute Gasteiger partial charge is 0.759 e. The van der Waals surface area contributed by atoms with E-state index in [1.807, 2.05) is 6.07 Å². The second-order valence-corrected chi connectivity index (χ2v) is 5.08. The zero-order chi connectivity index (χ0) is 19.9. The molecule has 0 saturated heterocycles. The summed E-state index contributed by atoms with van der Waals surface area (Å²) in [7, 11) is -5.17. The first-order valence-electron chi connectivity index (χ1n) is 6.23. The summed E-state index contributed by atoms with van der Waals surface area (Å²) in [6.45, 7) is 0. The van der Waals surface area contributed by atoms with Crippen LogP contribution in [-0.4, -0.2) is 27.5 Å². The average Bonchev–Trinajstić information content (AvgIpc) is 2.58. The van der Waals surface area contributed by atoms with Crippen LogP contribution in [0.3, 0.4) is 0 Å². The molecule has 11 nitrogen and oxygen atoms in total. The van der Waals surface area contributed by atoms with Gasteiger partial charge in [0.05, 0.1) is 16.8 Å². The van der Waals surface area contributed by atoms with Crippen LogP contribution >= 0.6 is 0 Å². The van der Waals surface area contributed by atoms with Crippen molar-refractivity contribution < 1.29 is 34.3 Å². The summed E-state index contributed by atoms with van der Waals surface area (Å²) in [5, 5.41) is 36.5. The van der Waals surface area contributed by atoms with Crippen molar-refractivity contribution in [3.8, 4) is 35.7 Å². The molecule has 27 heavy (non-hydrogen) atoms. The first-order chi connectivity index (χ1) is 12.2. The van der Waals surface area contributed by atoms with Crippen LogP contribution in [0.15, 0.2) is 18.3 Å². The van der Waals surface area contributed by atoms with Crippen molar-refractivity contribution >= 4 is 16.1 Å². The van der Waals surface area contributed by atoms with Gasteiger partial charge in [-0.2, -0.15) is 21.0 Å². The summed E-state index contributed by atoms with van der Waals surface area (Å²) < 4.78 is 34.1. The minimum atomic E-state index is -5.17. The van der Waals surface area contributed by atoms with Crippen LogP contribution in [0.1, 0.15) is 22.4 Å². The molecule has 2 rings (SSSR count). The van der Waals surface area contributed by atoms with E-state index in [4.69, 9.17) is 33.8 Å². The molecule has 0 bridgehead atoms. The Kier molecular flexibility index (Phi) is 8.51. The molecule has 2 aromatic heterocycles. The van der Waals surface area contributed by atoms with Crippen LogP contribution < -0.4 is 5.73 Å². The van der Waals surface area contributed by atoms with E-state index in [1.165, 1.54) is 12.3 Å². The van der Waals surface area contributed by atoms with Crippen LogP contribution in [0.2, 0.25) is 0 Å². The second-order valence-electron chi connectivity index (χ2n) is 4.26. The third-order valence-electron chi connectivity index (χ3n) is 2.67. The van der Waals surface area contributed by atoms with E-state index in [1.54, 1.807) is 24.3 Å². The Labute approximate surface area is 163 Å². The Morgan fingerprint density at radius 3 is 1.89 bits per heavy atom. The number of hydrogen-bond acceptors (Lipinski definition) is 11. The molecular formula is C14H5CoN7O4S. The van der Waals surface area contributed by atoms with E-state index >= 15 is 0 Å². The Morgan fingerprint density at radius 2 is 1.48 bits per heavy atom. The van der Waals surface area contributed by atoms with Gasteiger partial charge in [0.25, 0.3) is 0 Å². The van der Waals surface area contributed by atoms with Crippen LogP contribution in [0.4, 0.5) is 5.69 Å². The van der Waals surface area contributed by atoms with Gasteiger partial charge < -0.3 is 14.8 Å². The molecule has 2 N–H and O–H groups in total. The Morgan fingerprint density at radius 1 is 0.963 bits per heavy atom. The van der Waals surface area contributed by atoms with Gasteiger partial charge in [-0.15, -0.1) is 0 Å². The van der Waals surface area contributed by atoms with Crippen molar-refractivity contribution in [2.75, 3.05) is 5.73 Å². The van der Waals surface area contributed by atoms with Gasteiger partial charge in [0.2, 0.25) is 0 Å². The molecule has 0 fully saturated rings. The quantitative estimate of drug-likeness (QED) is 0.466. The SMILES string of the molecule is N#Cc1nc(-c2cc(N)ccn2)c(C#N)c(C#N)c1C#N.O=S(=O)([O-])[O-].[Co+2]. The maximum Gasteiger partial charge on any atom is 2.00 e. The van der Waals surface area contributed by atoms with Crippen molar-refractivity contribution in [3.63, 3.8) is 0 Å². The zero-order valence-corrected chi connectivity index (χ0v) is 14.7. The fraction of sp³-hybridized carbons (Fsp3) is 0. The molecule has 2 aromatic rings. The van der Waals surface area contributed by atoms with Gasteiger partial charge in [0.1, 0.15) is 35.5 Å². The summed E-state index contributed by atoms with van der Waals surface area (Å²) in [5.74, 6) is 0. The topological polar surface area (TPSA) is 227 Å². The number of anilines is 1. The van der Waals surface area contributed by atoms with Crippen LogP contribution in [0, 0.1) is 45.3 Å². The third kappa shape index (κ3) is 6.34. The number of nitrogens with two attached hydrogens (primary N) is 1. The van der Waals surface area contributed by atoms with E-state index in [0.29, 0.717) is 5.69 Å². The van der Waals surface area contributed by atoms with E-state index in [2.05, 4.69) is 9.97 Å². The third-order valence-corrected chi connectivity index (χ3v) is 2.67. The van der Waals surface area contributed by atoms with Gasteiger partial charge in [-0.05, 0) is 12.1 Å². The predicted octanol–water partition coefficient (Wildman–Crippen LogP) is -0.128. The zero-order valence-electron chi connectivity index (χ0n) is 12.9. The maximum absolute atomic E-state index is 9.25. The number of aromatic nitrogens is 2. The molecule has 1 radical (unpaired) electrons. The van der Waals surface area contributed by atoms with Gasteiger partial charge >= 0.3 is 16.8 Å². The molecule has 0 aliphatic heterocycles. The largest absolute Gasteiger partial charge is 2.00 e. The van der Waals surface area contributed by atoms with E-state index in [0.717, 1.165) is 0 Å². The minimum Gasteiger partial charge on any atom is -0.759 e. The number of nitrogen functional groups attached to an aromatic ring is 1. The predicted molar refractivity (Wildman–Crippen MR) is 81.2 cm³/mol. The molecule has 0 aromatic carbocycles. The number of pyridine rings is 2. The Balaban J connectivity index is 0.00000100. The number of rotatable bonds is 1. The van der Waals surface area contributed by atoms with Crippen LogP contribution in [0.25, 0.3) is 11.4 Å². The molecule has 0 aliphatic carbocycles. The Bertz CT molecular complexity index is 1130. The molecule has 13 heteroatoms. The average molecular weight is 426 g/mol. The molecule has 0 saturated carbocycles. The van der Waals surface area contributed by atoms with Gasteiger partial charge in [-0.1, -0.05) is 0 Å². The van der Waals surface area contributed by atoms with Crippen molar-refractivity contribution in [2.24, 2.45) is 0 Å². The summed E-state index contributed by atoms with van der Waals surface area (Å²) in [4.78, 5) is 8.01. The number of hydrogen-bond donors (Lipinski definition) is 1. The second kappa shape index (κ2) is 9.80. The molecule has 0 amide bonds. The van der Waals surface area contributed by atoms with Gasteiger partial charge in [0.15, 0.2) is 5.69 Å². The fourth-order valence-corrected chi connectivity index (χ4v) is 1.76. The van der Waals surface area contributed by atoms with E-state index in [-0.39, 0.29) is 50.6 Å². The summed E-state index contributed by atoms with van der Waals surface area (Å²) in [5.41, 5.74) is 5.61. The van der Waals surface area contributed by atoms with Gasteiger partial charge in [0, 0.05) is 22.3 Å². The van der Waals surface area contributed by atoms with E-state index < -0.39 is 10.4 Å². The molecule has 135 valence electrons. The van der Waals surface area contributed by atoms with Crippen LogP contribution in [0.5, 0.6) is 0 Å². The summed E-state index contributed by atoms with van der Waals surface area (Å²) in [6.07, 6.45) is 1.42. The molecule has 0 spiro atoms. The normalized spacial score (nSPS) is 9.11. The van der Waals surface area contributed by atoms with Gasteiger partial charge in [-0.25, -0.2) is 4.98 Å². The molecule has 0 aliphatic rings. The number of nitriles is 4. The first-order valence-corrected chi connectivity index (χ1v) is 7.56. The monoisotopic (exact) mass is 426 g/mol. The van der Waals surface area contributed by atoms with Crippen molar-refractivity contribution in [3.05, 3.63) is 40.7 Å². The Hall–Kier alpha value is -3.56. The summed E-state index contributed by atoms with van der Waals surface area (Å²) in [6, 6.07) is 10.1. The van der Waals surface area contributed by atoms with Crippen molar-refractivity contribution in [1.82, 2.24) is 9.97 Å². The van der Waals surface area contributed by atoms with Crippen molar-refractivity contribution in [1.29, 1.82) is 21.0 Å². The molecule has 0 unspecified atom stereocenters. The molecule has 2 heterocycles. The first kappa shape index (κ1) is 23.4. The number of nitrogens with zero attached hydrogens (tertiary/aromatic N) is 6. The standard InChI is InChI=1S/C14H5N7.Co.H2O4S/c15-4-9-10(5-16)13(7-18)21-14(11(9)6-17)12-3-8(19)1-2-20-12;;1-5(2,3)4/h1-3H,(H2,19,20);;(H2,1,2,3,4)/q;+2;/p-2. The fourth-order valence-electron chi connectivity index (χ4n) is 1.76. The van der Waals surface area contributed by atoms with E-state index in [9.17, 15) is 10.5 Å². The van der Waals surface area contributed by atoms with Gasteiger partial charge in [-0.3, -0.25) is 13.4 Å². The molecule has 0 atom stereocenters.